The lowest BCUT2D eigenvalue weighted by Crippen LogP contribution is -2.40. The van der Waals surface area contributed by atoms with Crippen molar-refractivity contribution in [2.75, 3.05) is 38.7 Å². The first-order chi connectivity index (χ1) is 14.9. The molecule has 164 valence electrons. The first-order valence-electron chi connectivity index (χ1n) is 10.0. The number of nitrogens with one attached hydrogen (secondary N) is 2. The molecular weight excluding hydrogens is 418 g/mol. The van der Waals surface area contributed by atoms with Crippen LogP contribution in [0.25, 0.3) is 10.9 Å². The van der Waals surface area contributed by atoms with E-state index in [0.717, 1.165) is 10.9 Å². The Morgan fingerprint density at radius 3 is 2.68 bits per heavy atom. The molecule has 1 saturated heterocycles. The third-order valence-electron chi connectivity index (χ3n) is 5.38. The maximum Gasteiger partial charge on any atom is 0.246 e. The Bertz CT molecular complexity index is 1200. The summed E-state index contributed by atoms with van der Waals surface area (Å²) in [5, 5.41) is 3.99. The maximum atomic E-state index is 13.2. The number of morpholine rings is 1. The second-order valence-corrected chi connectivity index (χ2v) is 9.27. The summed E-state index contributed by atoms with van der Waals surface area (Å²) in [6, 6.07) is 11.9. The molecule has 2 heterocycles. The highest BCUT2D eigenvalue weighted by atomic mass is 32.2. The van der Waals surface area contributed by atoms with Crippen molar-refractivity contribution in [3.8, 4) is 5.75 Å². The van der Waals surface area contributed by atoms with Crippen LogP contribution in [-0.4, -0.2) is 62.9 Å². The van der Waals surface area contributed by atoms with Gasteiger partial charge in [0.25, 0.3) is 0 Å². The second kappa shape index (κ2) is 8.70. The lowest BCUT2D eigenvalue weighted by atomic mass is 10.0. The summed E-state index contributed by atoms with van der Waals surface area (Å²) in [7, 11) is -2.32. The summed E-state index contributed by atoms with van der Waals surface area (Å²) in [6.07, 6.45) is 1.70. The molecule has 0 amide bonds. The van der Waals surface area contributed by atoms with E-state index in [1.807, 2.05) is 24.3 Å². The number of Topliss-reactive ketones (excluding diaryl/α,β-unsaturated/α-hetero) is 1. The number of aromatic nitrogens is 1. The van der Waals surface area contributed by atoms with E-state index in [0.29, 0.717) is 37.6 Å². The van der Waals surface area contributed by atoms with Gasteiger partial charge < -0.3 is 19.8 Å². The molecule has 0 saturated carbocycles. The summed E-state index contributed by atoms with van der Waals surface area (Å²) < 4.78 is 38.3. The number of sulfonamides is 1. The summed E-state index contributed by atoms with van der Waals surface area (Å²) in [5.74, 6) is 0.165. The van der Waals surface area contributed by atoms with Crippen LogP contribution in [-0.2, 0) is 14.8 Å². The first kappa shape index (κ1) is 21.4. The minimum atomic E-state index is -3.76. The van der Waals surface area contributed by atoms with Crippen molar-refractivity contribution in [1.82, 2.24) is 9.29 Å². The molecule has 1 aliphatic heterocycles. The molecule has 31 heavy (non-hydrogen) atoms. The van der Waals surface area contributed by atoms with E-state index < -0.39 is 16.1 Å². The number of rotatable bonds is 7. The van der Waals surface area contributed by atoms with E-state index >= 15 is 0 Å². The van der Waals surface area contributed by atoms with Crippen LogP contribution >= 0.6 is 0 Å². The summed E-state index contributed by atoms with van der Waals surface area (Å²) in [4.78, 5) is 16.2. The highest BCUT2D eigenvalue weighted by molar-refractivity contribution is 7.89. The van der Waals surface area contributed by atoms with E-state index in [1.165, 1.54) is 17.5 Å². The lowest BCUT2D eigenvalue weighted by Gasteiger charge is -2.27. The molecule has 1 fully saturated rings. The Morgan fingerprint density at radius 2 is 1.94 bits per heavy atom. The fourth-order valence-electron chi connectivity index (χ4n) is 3.72. The Hall–Kier alpha value is -2.88. The molecule has 1 aromatic heterocycles. The van der Waals surface area contributed by atoms with Gasteiger partial charge in [0, 0.05) is 41.4 Å². The number of nitrogens with zero attached hydrogens (tertiary/aromatic N) is 1. The Balaban J connectivity index is 1.60. The molecule has 0 radical (unpaired) electrons. The predicted molar refractivity (Wildman–Crippen MR) is 118 cm³/mol. The van der Waals surface area contributed by atoms with Crippen molar-refractivity contribution in [3.63, 3.8) is 0 Å². The molecular formula is C22H25N3O5S. The van der Waals surface area contributed by atoms with E-state index in [-0.39, 0.29) is 16.4 Å². The largest absolute Gasteiger partial charge is 0.495 e. The van der Waals surface area contributed by atoms with Crippen LogP contribution in [0.5, 0.6) is 5.75 Å². The Kier molecular flexibility index (Phi) is 5.99. The smallest absolute Gasteiger partial charge is 0.246 e. The van der Waals surface area contributed by atoms with Gasteiger partial charge in [0.2, 0.25) is 10.0 Å². The molecule has 3 aromatic rings. The maximum absolute atomic E-state index is 13.2. The fraction of sp³-hybridized carbons (Fsp3) is 0.318. The van der Waals surface area contributed by atoms with E-state index in [2.05, 4.69) is 10.3 Å². The van der Waals surface area contributed by atoms with Gasteiger partial charge >= 0.3 is 0 Å². The van der Waals surface area contributed by atoms with Crippen LogP contribution in [0.15, 0.2) is 53.6 Å². The molecule has 2 aromatic carbocycles. The Labute approximate surface area is 181 Å². The van der Waals surface area contributed by atoms with Crippen LogP contribution in [0.3, 0.4) is 0 Å². The number of aromatic amines is 1. The first-order valence-corrected chi connectivity index (χ1v) is 11.5. The van der Waals surface area contributed by atoms with Crippen molar-refractivity contribution in [3.05, 3.63) is 54.2 Å². The number of anilines is 1. The lowest BCUT2D eigenvalue weighted by molar-refractivity contribution is 0.0729. The van der Waals surface area contributed by atoms with Crippen LogP contribution in [0.4, 0.5) is 5.69 Å². The number of carbonyl (C=O) groups is 1. The molecule has 4 rings (SSSR count). The highest BCUT2D eigenvalue weighted by Gasteiger charge is 2.30. The standard InChI is InChI=1S/C22H25N3O5S/c1-15(22(26)18-14-23-19-6-4-3-5-17(18)19)24-16-7-8-20(29-2)21(13-16)31(27,28)25-9-11-30-12-10-25/h3-8,13-15,23-24H,9-12H2,1-2H3/t15-/m1/s1. The quantitative estimate of drug-likeness (QED) is 0.545. The van der Waals surface area contributed by atoms with Gasteiger partial charge in [-0.1, -0.05) is 18.2 Å². The van der Waals surface area contributed by atoms with Gasteiger partial charge in [-0.05, 0) is 31.2 Å². The number of ketones is 1. The van der Waals surface area contributed by atoms with Gasteiger partial charge in [-0.2, -0.15) is 4.31 Å². The van der Waals surface area contributed by atoms with E-state index in [1.54, 1.807) is 25.3 Å². The average Bonchev–Trinajstić information content (AvgIpc) is 3.23. The number of fused-ring (bicyclic) bond motifs is 1. The number of carbonyl (C=O) groups excluding carboxylic acids is 1. The monoisotopic (exact) mass is 443 g/mol. The molecule has 0 unspecified atom stereocenters. The number of para-hydroxylation sites is 1. The Morgan fingerprint density at radius 1 is 1.19 bits per heavy atom. The van der Waals surface area contributed by atoms with Gasteiger partial charge in [0.1, 0.15) is 10.6 Å². The summed E-state index contributed by atoms with van der Waals surface area (Å²) >= 11 is 0. The number of H-pyrrole nitrogens is 1. The predicted octanol–water partition coefficient (Wildman–Crippen LogP) is 2.88. The number of benzene rings is 2. The molecule has 0 bridgehead atoms. The molecule has 1 aliphatic rings. The molecule has 0 aliphatic carbocycles. The summed E-state index contributed by atoms with van der Waals surface area (Å²) in [5.41, 5.74) is 2.00. The highest BCUT2D eigenvalue weighted by Crippen LogP contribution is 2.31. The number of hydrogen-bond donors (Lipinski definition) is 2. The zero-order valence-corrected chi connectivity index (χ0v) is 18.2. The SMILES string of the molecule is COc1ccc(N[C@H](C)C(=O)c2c[nH]c3ccccc23)cc1S(=O)(=O)N1CCOCC1. The van der Waals surface area contributed by atoms with Crippen LogP contribution in [0.1, 0.15) is 17.3 Å². The molecule has 8 nitrogen and oxygen atoms in total. The molecule has 9 heteroatoms. The van der Waals surface area contributed by atoms with Crippen LogP contribution in [0.2, 0.25) is 0 Å². The second-order valence-electron chi connectivity index (χ2n) is 7.36. The average molecular weight is 444 g/mol. The van der Waals surface area contributed by atoms with Crippen LogP contribution < -0.4 is 10.1 Å². The van der Waals surface area contributed by atoms with Gasteiger partial charge in [0.15, 0.2) is 5.78 Å². The van der Waals surface area contributed by atoms with Gasteiger partial charge in [-0.25, -0.2) is 8.42 Å². The minimum Gasteiger partial charge on any atom is -0.495 e. The minimum absolute atomic E-state index is 0.0636. The zero-order valence-electron chi connectivity index (χ0n) is 17.4. The van der Waals surface area contributed by atoms with Crippen molar-refractivity contribution >= 4 is 32.4 Å². The van der Waals surface area contributed by atoms with Gasteiger partial charge in [0.05, 0.1) is 26.4 Å². The number of ether oxygens (including phenoxy) is 2. The summed E-state index contributed by atoms with van der Waals surface area (Å²) in [6.45, 7) is 3.05. The van der Waals surface area contributed by atoms with Crippen LogP contribution in [0, 0.1) is 0 Å². The fourth-order valence-corrected chi connectivity index (χ4v) is 5.31. The number of methoxy groups -OCH3 is 1. The molecule has 1 atom stereocenters. The van der Waals surface area contributed by atoms with E-state index in [4.69, 9.17) is 9.47 Å². The van der Waals surface area contributed by atoms with Crippen molar-refractivity contribution in [2.45, 2.75) is 17.9 Å². The molecule has 0 spiro atoms. The molecule has 2 N–H and O–H groups in total. The third-order valence-corrected chi connectivity index (χ3v) is 7.30. The van der Waals surface area contributed by atoms with Crippen molar-refractivity contribution in [1.29, 1.82) is 0 Å². The normalized spacial score (nSPS) is 16.2. The zero-order chi connectivity index (χ0) is 22.0. The van der Waals surface area contributed by atoms with Gasteiger partial charge in [-0.3, -0.25) is 4.79 Å². The van der Waals surface area contributed by atoms with Gasteiger partial charge in [-0.15, -0.1) is 0 Å². The topological polar surface area (TPSA) is 101 Å². The third kappa shape index (κ3) is 4.16. The van der Waals surface area contributed by atoms with Crippen molar-refractivity contribution in [2.24, 2.45) is 0 Å². The van der Waals surface area contributed by atoms with E-state index in [9.17, 15) is 13.2 Å². The number of hydrogen-bond acceptors (Lipinski definition) is 6. The van der Waals surface area contributed by atoms with Crippen molar-refractivity contribution < 1.29 is 22.7 Å².